The maximum absolute atomic E-state index is 11.1. The minimum atomic E-state index is -5.08. The van der Waals surface area contributed by atoms with Gasteiger partial charge in [0.15, 0.2) is 5.13 Å². The van der Waals surface area contributed by atoms with Crippen LogP contribution < -0.4 is 101 Å². The molecule has 19 heavy (non-hydrogen) atoms. The molecule has 1 aromatic heterocycles. The number of urea groups is 1. The second-order valence-electron chi connectivity index (χ2n) is 3.05. The number of nitrogens with zero attached hydrogens (tertiary/aromatic N) is 1. The molecule has 0 spiro atoms. The van der Waals surface area contributed by atoms with Crippen molar-refractivity contribution in [1.29, 1.82) is 0 Å². The summed E-state index contributed by atoms with van der Waals surface area (Å²) in [7, 11) is -5.08. The molecular weight excluding hydrogens is 327 g/mol. The normalized spacial score (nSPS) is 10.2. The molecule has 1 heterocycles. The zero-order chi connectivity index (χ0) is 12.5. The van der Waals surface area contributed by atoms with Gasteiger partial charge in [-0.2, -0.15) is 0 Å². The van der Waals surface area contributed by atoms with Crippen LogP contribution in [0.3, 0.4) is 0 Å². The van der Waals surface area contributed by atoms with Crippen molar-refractivity contribution < 1.29 is 100 Å². The number of hydrogen-bond donors (Lipinski definition) is 2. The van der Waals surface area contributed by atoms with Gasteiger partial charge in [0.1, 0.15) is 0 Å². The summed E-state index contributed by atoms with van der Waals surface area (Å²) in [6.45, 7) is 0. The van der Waals surface area contributed by atoms with Crippen LogP contribution in [0.4, 0.5) is 9.93 Å². The van der Waals surface area contributed by atoms with Crippen molar-refractivity contribution in [3.8, 4) is 0 Å². The third-order valence-electron chi connectivity index (χ3n) is 1.75. The van der Waals surface area contributed by atoms with E-state index in [9.17, 15) is 19.1 Å². The summed E-state index contributed by atoms with van der Waals surface area (Å²) in [4.78, 5) is 35.7. The number of nitrogens with one attached hydrogen (secondary N) is 2. The van der Waals surface area contributed by atoms with E-state index in [1.165, 1.54) is 16.4 Å². The Bertz CT molecular complexity index is 586. The topological polar surface area (TPSA) is 117 Å². The minimum absolute atomic E-state index is 0. The Morgan fingerprint density at radius 3 is 2.53 bits per heavy atom. The predicted octanol–water partition coefficient (Wildman–Crippen LogP) is -5.75. The maximum atomic E-state index is 11.1. The van der Waals surface area contributed by atoms with Gasteiger partial charge in [-0.05, 0) is 12.1 Å². The van der Waals surface area contributed by atoms with E-state index in [1.54, 1.807) is 12.1 Å². The van der Waals surface area contributed by atoms with Gasteiger partial charge in [-0.25, -0.2) is 9.78 Å². The molecule has 0 radical (unpaired) electrons. The Hall–Kier alpha value is 1.17. The molecule has 0 saturated carbocycles. The van der Waals surface area contributed by atoms with E-state index in [2.05, 4.69) is 10.3 Å². The van der Waals surface area contributed by atoms with Crippen molar-refractivity contribution in [3.05, 3.63) is 24.3 Å². The Kier molecular flexibility index (Phi) is 9.10. The first kappa shape index (κ1) is 20.2. The van der Waals surface area contributed by atoms with Crippen LogP contribution in [-0.2, 0) is 4.57 Å². The molecule has 2 rings (SSSR count). The van der Waals surface area contributed by atoms with Gasteiger partial charge in [0.2, 0.25) is 0 Å². The smallest absolute Gasteiger partial charge is 0.795 e. The summed E-state index contributed by atoms with van der Waals surface area (Å²) in [6, 6.07) is 6.05. The van der Waals surface area contributed by atoms with Gasteiger partial charge in [0.25, 0.3) is 0 Å². The minimum Gasteiger partial charge on any atom is -0.795 e. The van der Waals surface area contributed by atoms with E-state index in [-0.39, 0.29) is 86.1 Å². The Balaban J connectivity index is 0.00000162. The summed E-state index contributed by atoms with van der Waals surface area (Å²) in [5.41, 5.74) is 0.681. The van der Waals surface area contributed by atoms with Crippen LogP contribution in [0.5, 0.6) is 0 Å². The van der Waals surface area contributed by atoms with Gasteiger partial charge in [-0.15, -0.1) is 0 Å². The first-order valence-corrected chi connectivity index (χ1v) is 6.77. The van der Waals surface area contributed by atoms with E-state index in [1.807, 2.05) is 12.1 Å². The second-order valence-corrected chi connectivity index (χ2v) is 5.30. The molecule has 0 saturated heterocycles. The van der Waals surface area contributed by atoms with Crippen LogP contribution in [0.2, 0.25) is 0 Å². The Morgan fingerprint density at radius 1 is 1.32 bits per heavy atom. The molecule has 90 valence electrons. The molecule has 2 amide bonds. The van der Waals surface area contributed by atoms with E-state index in [0.29, 0.717) is 5.52 Å². The maximum Gasteiger partial charge on any atom is 1.00 e. The van der Waals surface area contributed by atoms with Crippen molar-refractivity contribution in [1.82, 2.24) is 10.1 Å². The van der Waals surface area contributed by atoms with Crippen LogP contribution in [0, 0.1) is 0 Å². The van der Waals surface area contributed by atoms with Crippen molar-refractivity contribution in [3.63, 3.8) is 0 Å². The fraction of sp³-hybridized carbons (Fsp3) is 0. The van der Waals surface area contributed by atoms with Gasteiger partial charge in [0, 0.05) is 7.75 Å². The third kappa shape index (κ3) is 6.64. The number of carbonyl (C=O) groups is 1. The Labute approximate surface area is 177 Å². The van der Waals surface area contributed by atoms with Crippen LogP contribution in [0.15, 0.2) is 24.3 Å². The molecule has 0 atom stereocenters. The molecule has 7 nitrogen and oxygen atoms in total. The molecule has 11 heteroatoms. The Morgan fingerprint density at radius 2 is 1.95 bits per heavy atom. The number of benzene rings is 1. The molecule has 0 fully saturated rings. The number of fused-ring (bicyclic) bond motifs is 1. The predicted molar refractivity (Wildman–Crippen MR) is 59.4 cm³/mol. The van der Waals surface area contributed by atoms with Gasteiger partial charge in [0.05, 0.1) is 10.2 Å². The van der Waals surface area contributed by atoms with Gasteiger partial charge in [-0.3, -0.25) is 5.32 Å². The standard InChI is InChI=1S/C8H8N3O4PS.K.Na/c12-7(11-16(13,14)15)10-8-9-5-3-1-2-4-6(5)17-8;;/h1-4H,(H4,9,10,11,12,13,14,15);;/q;2*+1/p-2. The number of thiazole rings is 1. The zero-order valence-electron chi connectivity index (χ0n) is 10.2. The van der Waals surface area contributed by atoms with Gasteiger partial charge < -0.3 is 19.4 Å². The third-order valence-corrected chi connectivity index (χ3v) is 3.18. The number of amides is 2. The van der Waals surface area contributed by atoms with Crippen LogP contribution in [0.1, 0.15) is 0 Å². The fourth-order valence-corrected chi connectivity index (χ4v) is 2.34. The van der Waals surface area contributed by atoms with E-state index in [4.69, 9.17) is 0 Å². The quantitative estimate of drug-likeness (QED) is 0.419. The summed E-state index contributed by atoms with van der Waals surface area (Å²) in [5.74, 6) is 0. The summed E-state index contributed by atoms with van der Waals surface area (Å²) >= 11 is 1.17. The molecule has 2 N–H and O–H groups in total. The molecule has 1 aromatic carbocycles. The van der Waals surface area contributed by atoms with Crippen LogP contribution >= 0.6 is 19.1 Å². The number of rotatable bonds is 2. The average Bonchev–Trinajstić information content (AvgIpc) is 2.55. The monoisotopic (exact) mass is 333 g/mol. The molecule has 0 aliphatic rings. The molecule has 0 aliphatic heterocycles. The molecule has 2 aromatic rings. The summed E-state index contributed by atoms with van der Waals surface area (Å²) < 4.78 is 11.1. The second kappa shape index (κ2) is 8.57. The van der Waals surface area contributed by atoms with Crippen LogP contribution in [0.25, 0.3) is 10.2 Å². The average molecular weight is 333 g/mol. The first-order chi connectivity index (χ1) is 7.94. The van der Waals surface area contributed by atoms with Crippen molar-refractivity contribution in [2.45, 2.75) is 0 Å². The summed E-state index contributed by atoms with van der Waals surface area (Å²) in [6.07, 6.45) is 0. The molecule has 0 aliphatic carbocycles. The zero-order valence-corrected chi connectivity index (χ0v) is 17.1. The number of hydrogen-bond acceptors (Lipinski definition) is 6. The largest absolute Gasteiger partial charge is 1.00 e. The SMILES string of the molecule is O=C(Nc1nc2ccccc2s1)NP(=O)([O-])[O-].[K+].[Na+]. The van der Waals surface area contributed by atoms with E-state index >= 15 is 0 Å². The number of aromatic nitrogens is 1. The number of anilines is 1. The summed E-state index contributed by atoms with van der Waals surface area (Å²) in [5, 5.41) is 3.67. The van der Waals surface area contributed by atoms with Gasteiger partial charge >= 0.3 is 87.0 Å². The van der Waals surface area contributed by atoms with E-state index in [0.717, 1.165) is 4.70 Å². The molecule has 0 unspecified atom stereocenters. The number of para-hydroxylation sites is 1. The van der Waals surface area contributed by atoms with Crippen LogP contribution in [-0.4, -0.2) is 11.0 Å². The molecule has 0 bridgehead atoms. The van der Waals surface area contributed by atoms with Gasteiger partial charge in [-0.1, -0.05) is 23.5 Å². The fourth-order valence-electron chi connectivity index (χ4n) is 1.18. The first-order valence-electron chi connectivity index (χ1n) is 4.41. The number of carbonyl (C=O) groups excluding carboxylic acids is 1. The molecular formula is C8H6KN3NaO4PS. The van der Waals surface area contributed by atoms with Crippen molar-refractivity contribution in [2.75, 3.05) is 5.32 Å². The van der Waals surface area contributed by atoms with Crippen molar-refractivity contribution >= 4 is 40.5 Å². The van der Waals surface area contributed by atoms with Crippen molar-refractivity contribution in [2.24, 2.45) is 0 Å². The van der Waals surface area contributed by atoms with E-state index < -0.39 is 13.8 Å².